The standard InChI is InChI=1S/C32H31N3O3S/c1-24(28-10-6-3-7-11-28)34-31(36)21-38-30-18-14-25(15-19-30)20-33-35-32(37)29-16-12-27(13-17-29)23-39-22-26-8-4-2-5-9-26/h2-20,24H,21-23H2,1H3,(H,34,36)(H,35,37)/b33-20-/t24-/m0/s1. The Morgan fingerprint density at radius 3 is 2.10 bits per heavy atom. The van der Waals surface area contributed by atoms with Gasteiger partial charge in [0.1, 0.15) is 5.75 Å². The third-order valence-corrected chi connectivity index (χ3v) is 6.98. The molecule has 0 bridgehead atoms. The van der Waals surface area contributed by atoms with E-state index < -0.39 is 0 Å². The maximum absolute atomic E-state index is 12.4. The van der Waals surface area contributed by atoms with Crippen LogP contribution in [0.1, 0.15) is 45.6 Å². The molecule has 0 unspecified atom stereocenters. The number of carbonyl (C=O) groups excluding carboxylic acids is 2. The summed E-state index contributed by atoms with van der Waals surface area (Å²) in [6.07, 6.45) is 1.56. The predicted octanol–water partition coefficient (Wildman–Crippen LogP) is 6.14. The summed E-state index contributed by atoms with van der Waals surface area (Å²) in [7, 11) is 0. The molecular formula is C32H31N3O3S. The van der Waals surface area contributed by atoms with Gasteiger partial charge in [-0.2, -0.15) is 16.9 Å². The van der Waals surface area contributed by atoms with E-state index in [4.69, 9.17) is 4.74 Å². The molecule has 2 amide bonds. The quantitative estimate of drug-likeness (QED) is 0.168. The lowest BCUT2D eigenvalue weighted by Crippen LogP contribution is -2.31. The number of amides is 2. The summed E-state index contributed by atoms with van der Waals surface area (Å²) in [4.78, 5) is 24.6. The van der Waals surface area contributed by atoms with E-state index in [1.807, 2.05) is 91.5 Å². The highest BCUT2D eigenvalue weighted by Gasteiger charge is 2.10. The number of hydrogen-bond donors (Lipinski definition) is 2. The Balaban J connectivity index is 1.17. The summed E-state index contributed by atoms with van der Waals surface area (Å²) >= 11 is 1.84. The van der Waals surface area contributed by atoms with Crippen LogP contribution in [0.15, 0.2) is 114 Å². The molecule has 0 heterocycles. The molecule has 1 atom stereocenters. The molecule has 7 heteroatoms. The van der Waals surface area contributed by atoms with Crippen LogP contribution in [-0.4, -0.2) is 24.6 Å². The highest BCUT2D eigenvalue weighted by Crippen LogP contribution is 2.18. The van der Waals surface area contributed by atoms with Gasteiger partial charge in [0.05, 0.1) is 12.3 Å². The number of hydrazone groups is 1. The van der Waals surface area contributed by atoms with Crippen LogP contribution in [0.25, 0.3) is 0 Å². The molecule has 198 valence electrons. The van der Waals surface area contributed by atoms with Crippen LogP contribution in [0.2, 0.25) is 0 Å². The van der Waals surface area contributed by atoms with Gasteiger partial charge in [-0.3, -0.25) is 9.59 Å². The minimum atomic E-state index is -0.273. The Labute approximate surface area is 233 Å². The van der Waals surface area contributed by atoms with Crippen molar-refractivity contribution in [2.24, 2.45) is 5.10 Å². The molecule has 0 fully saturated rings. The third kappa shape index (κ3) is 9.16. The highest BCUT2D eigenvalue weighted by atomic mass is 32.2. The van der Waals surface area contributed by atoms with E-state index in [0.29, 0.717) is 11.3 Å². The van der Waals surface area contributed by atoms with E-state index in [1.54, 1.807) is 30.5 Å². The van der Waals surface area contributed by atoms with E-state index in [2.05, 4.69) is 28.0 Å². The number of ether oxygens (including phenoxy) is 1. The van der Waals surface area contributed by atoms with E-state index >= 15 is 0 Å². The summed E-state index contributed by atoms with van der Waals surface area (Å²) in [5.41, 5.74) is 7.40. The monoisotopic (exact) mass is 537 g/mol. The molecule has 4 rings (SSSR count). The molecule has 0 spiro atoms. The number of benzene rings is 4. The van der Waals surface area contributed by atoms with Gasteiger partial charge in [-0.05, 0) is 65.6 Å². The Morgan fingerprint density at radius 2 is 1.44 bits per heavy atom. The van der Waals surface area contributed by atoms with Crippen molar-refractivity contribution in [3.8, 4) is 5.75 Å². The molecule has 4 aromatic carbocycles. The number of nitrogens with zero attached hydrogens (tertiary/aromatic N) is 1. The zero-order valence-electron chi connectivity index (χ0n) is 21.7. The molecular weight excluding hydrogens is 506 g/mol. The minimum absolute atomic E-state index is 0.0782. The van der Waals surface area contributed by atoms with Crippen molar-refractivity contribution in [2.75, 3.05) is 6.61 Å². The van der Waals surface area contributed by atoms with Gasteiger partial charge in [-0.15, -0.1) is 0 Å². The van der Waals surface area contributed by atoms with Crippen LogP contribution in [0.3, 0.4) is 0 Å². The average molecular weight is 538 g/mol. The normalized spacial score (nSPS) is 11.6. The predicted molar refractivity (Wildman–Crippen MR) is 158 cm³/mol. The Hall–Kier alpha value is -4.36. The maximum Gasteiger partial charge on any atom is 0.271 e. The van der Waals surface area contributed by atoms with Gasteiger partial charge in [0, 0.05) is 17.1 Å². The summed E-state index contributed by atoms with van der Waals surface area (Å²) in [5.74, 6) is 1.94. The molecule has 6 nitrogen and oxygen atoms in total. The van der Waals surface area contributed by atoms with Gasteiger partial charge in [0.15, 0.2) is 6.61 Å². The number of nitrogens with one attached hydrogen (secondary N) is 2. The first-order valence-electron chi connectivity index (χ1n) is 12.7. The van der Waals surface area contributed by atoms with Gasteiger partial charge in [0.2, 0.25) is 0 Å². The molecule has 39 heavy (non-hydrogen) atoms. The first-order valence-corrected chi connectivity index (χ1v) is 13.8. The van der Waals surface area contributed by atoms with Crippen molar-refractivity contribution < 1.29 is 14.3 Å². The SMILES string of the molecule is C[C@H](NC(=O)COc1ccc(/C=N\NC(=O)c2ccc(CSCc3ccccc3)cc2)cc1)c1ccccc1. The number of hydrogen-bond acceptors (Lipinski definition) is 5. The van der Waals surface area contributed by atoms with Gasteiger partial charge >= 0.3 is 0 Å². The summed E-state index contributed by atoms with van der Waals surface area (Å²) in [6, 6.07) is 34.7. The van der Waals surface area contributed by atoms with Crippen LogP contribution in [-0.2, 0) is 16.3 Å². The smallest absolute Gasteiger partial charge is 0.271 e. The van der Waals surface area contributed by atoms with E-state index in [9.17, 15) is 9.59 Å². The largest absolute Gasteiger partial charge is 0.484 e. The lowest BCUT2D eigenvalue weighted by Gasteiger charge is -2.14. The number of thioether (sulfide) groups is 1. The molecule has 2 N–H and O–H groups in total. The van der Waals surface area contributed by atoms with Crippen LogP contribution in [0.5, 0.6) is 5.75 Å². The topological polar surface area (TPSA) is 79.8 Å². The van der Waals surface area contributed by atoms with Gasteiger partial charge in [-0.1, -0.05) is 72.8 Å². The second kappa shape index (κ2) is 14.5. The fourth-order valence-corrected chi connectivity index (χ4v) is 4.71. The van der Waals surface area contributed by atoms with Crippen molar-refractivity contribution in [1.82, 2.24) is 10.7 Å². The van der Waals surface area contributed by atoms with Crippen molar-refractivity contribution >= 4 is 29.8 Å². The number of carbonyl (C=O) groups is 2. The lowest BCUT2D eigenvalue weighted by molar-refractivity contribution is -0.123. The van der Waals surface area contributed by atoms with Crippen molar-refractivity contribution in [2.45, 2.75) is 24.5 Å². The molecule has 0 saturated carbocycles. The Bertz CT molecular complexity index is 1360. The fraction of sp³-hybridized carbons (Fsp3) is 0.156. The molecule has 0 aliphatic heterocycles. The molecule has 0 aliphatic rings. The van der Waals surface area contributed by atoms with Crippen LogP contribution < -0.4 is 15.5 Å². The third-order valence-electron chi connectivity index (χ3n) is 5.90. The van der Waals surface area contributed by atoms with Gasteiger partial charge in [0.25, 0.3) is 11.8 Å². The maximum atomic E-state index is 12.4. The molecule has 0 radical (unpaired) electrons. The summed E-state index contributed by atoms with van der Waals surface area (Å²) in [5, 5.41) is 6.98. The fourth-order valence-electron chi connectivity index (χ4n) is 3.75. The lowest BCUT2D eigenvalue weighted by atomic mass is 10.1. The van der Waals surface area contributed by atoms with Crippen molar-refractivity contribution in [1.29, 1.82) is 0 Å². The summed E-state index contributed by atoms with van der Waals surface area (Å²) in [6.45, 7) is 1.85. The second-order valence-electron chi connectivity index (χ2n) is 8.93. The van der Waals surface area contributed by atoms with Crippen LogP contribution >= 0.6 is 11.8 Å². The zero-order valence-corrected chi connectivity index (χ0v) is 22.6. The van der Waals surface area contributed by atoms with Crippen molar-refractivity contribution in [3.05, 3.63) is 137 Å². The molecule has 4 aromatic rings. The molecule has 0 aliphatic carbocycles. The van der Waals surface area contributed by atoms with E-state index in [0.717, 1.165) is 22.6 Å². The first kappa shape index (κ1) is 27.7. The van der Waals surface area contributed by atoms with Gasteiger partial charge < -0.3 is 10.1 Å². The average Bonchev–Trinajstić information content (AvgIpc) is 2.98. The number of rotatable bonds is 12. The van der Waals surface area contributed by atoms with Crippen LogP contribution in [0, 0.1) is 0 Å². The van der Waals surface area contributed by atoms with Gasteiger partial charge in [-0.25, -0.2) is 5.43 Å². The minimum Gasteiger partial charge on any atom is -0.484 e. The molecule has 0 aromatic heterocycles. The van der Waals surface area contributed by atoms with E-state index in [-0.39, 0.29) is 24.5 Å². The Morgan fingerprint density at radius 1 is 0.821 bits per heavy atom. The molecule has 0 saturated heterocycles. The van der Waals surface area contributed by atoms with Crippen molar-refractivity contribution in [3.63, 3.8) is 0 Å². The van der Waals surface area contributed by atoms with Crippen LogP contribution in [0.4, 0.5) is 0 Å². The Kier molecular flexibility index (Phi) is 10.3. The zero-order chi connectivity index (χ0) is 27.3. The second-order valence-corrected chi connectivity index (χ2v) is 9.92. The van der Waals surface area contributed by atoms with E-state index in [1.165, 1.54) is 11.1 Å². The summed E-state index contributed by atoms with van der Waals surface area (Å²) < 4.78 is 5.59. The highest BCUT2D eigenvalue weighted by molar-refractivity contribution is 7.97. The first-order chi connectivity index (χ1) is 19.1.